The van der Waals surface area contributed by atoms with Crippen LogP contribution < -0.4 is 4.90 Å². The average molecular weight is 457 g/mol. The zero-order valence-corrected chi connectivity index (χ0v) is 19.0. The minimum absolute atomic E-state index is 0.0705. The van der Waals surface area contributed by atoms with Crippen LogP contribution in [0.25, 0.3) is 10.2 Å². The molecule has 1 aromatic carbocycles. The number of carbonyl (C=O) groups excluding carboxylic acids is 1. The molecule has 2 fully saturated rings. The molecule has 1 unspecified atom stereocenters. The number of halogens is 1. The Morgan fingerprint density at radius 3 is 2.59 bits per heavy atom. The summed E-state index contributed by atoms with van der Waals surface area (Å²) < 4.78 is 26.1. The normalized spacial score (nSPS) is 21.7. The predicted molar refractivity (Wildman–Crippen MR) is 117 cm³/mol. The van der Waals surface area contributed by atoms with Crippen molar-refractivity contribution in [3.63, 3.8) is 0 Å². The van der Waals surface area contributed by atoms with E-state index in [-0.39, 0.29) is 11.8 Å². The molecule has 1 atom stereocenters. The smallest absolute Gasteiger partial charge is 0.227 e. The van der Waals surface area contributed by atoms with Gasteiger partial charge in [0, 0.05) is 39.3 Å². The quantitative estimate of drug-likeness (QED) is 0.709. The van der Waals surface area contributed by atoms with Crippen LogP contribution in [0.4, 0.5) is 5.13 Å². The number of thiazole rings is 1. The lowest BCUT2D eigenvalue weighted by Gasteiger charge is -2.38. The second kappa shape index (κ2) is 8.02. The molecular weight excluding hydrogens is 432 g/mol. The lowest BCUT2D eigenvalue weighted by atomic mass is 9.98. The molecule has 2 aliphatic rings. The topological polar surface area (TPSA) is 73.8 Å². The molecule has 1 amide bonds. The number of amides is 1. The second-order valence-corrected chi connectivity index (χ2v) is 11.2. The number of piperazine rings is 1. The fourth-order valence-electron chi connectivity index (χ4n) is 4.05. The van der Waals surface area contributed by atoms with Gasteiger partial charge in [0.1, 0.15) is 0 Å². The Bertz CT molecular complexity index is 992. The lowest BCUT2D eigenvalue weighted by molar-refractivity contribution is -0.137. The maximum Gasteiger partial charge on any atom is 0.227 e. The SMILES string of the molecule is Cc1ccc(Cl)c2sc(N3CCN(C(=O)C4CCCN(S(C)(=O)=O)C4)CC3)nc12. The van der Waals surface area contributed by atoms with Gasteiger partial charge in [-0.05, 0) is 31.4 Å². The number of sulfonamides is 1. The summed E-state index contributed by atoms with van der Waals surface area (Å²) in [5, 5.41) is 1.65. The van der Waals surface area contributed by atoms with Crippen LogP contribution in [0.15, 0.2) is 12.1 Å². The lowest BCUT2D eigenvalue weighted by Crippen LogP contribution is -2.53. The maximum atomic E-state index is 13.0. The summed E-state index contributed by atoms with van der Waals surface area (Å²) in [5.41, 5.74) is 2.05. The van der Waals surface area contributed by atoms with E-state index in [4.69, 9.17) is 16.6 Å². The van der Waals surface area contributed by atoms with Crippen molar-refractivity contribution in [2.75, 3.05) is 50.4 Å². The van der Waals surface area contributed by atoms with Crippen molar-refractivity contribution >= 4 is 54.2 Å². The van der Waals surface area contributed by atoms with Gasteiger partial charge in [-0.2, -0.15) is 0 Å². The van der Waals surface area contributed by atoms with E-state index in [1.54, 1.807) is 11.3 Å². The largest absolute Gasteiger partial charge is 0.345 e. The van der Waals surface area contributed by atoms with E-state index in [0.29, 0.717) is 39.3 Å². The molecule has 0 bridgehead atoms. The van der Waals surface area contributed by atoms with E-state index in [1.807, 2.05) is 24.0 Å². The van der Waals surface area contributed by atoms with Crippen molar-refractivity contribution in [2.45, 2.75) is 19.8 Å². The summed E-state index contributed by atoms with van der Waals surface area (Å²) in [6.07, 6.45) is 2.70. The van der Waals surface area contributed by atoms with Crippen molar-refractivity contribution in [3.8, 4) is 0 Å². The monoisotopic (exact) mass is 456 g/mol. The molecule has 4 rings (SSSR count). The number of carbonyl (C=O) groups is 1. The van der Waals surface area contributed by atoms with Gasteiger partial charge < -0.3 is 9.80 Å². The Balaban J connectivity index is 1.41. The molecule has 0 aliphatic carbocycles. The first-order valence-corrected chi connectivity index (χ1v) is 12.8. The standard InChI is InChI=1S/C19H25ClN4O3S2/c1-13-5-6-15(20)17-16(13)21-19(28-17)23-10-8-22(9-11-23)18(25)14-4-3-7-24(12-14)29(2,26)27/h5-6,14H,3-4,7-12H2,1-2H3. The number of aryl methyl sites for hydroxylation is 1. The Labute approximate surface area is 180 Å². The van der Waals surface area contributed by atoms with Gasteiger partial charge >= 0.3 is 0 Å². The van der Waals surface area contributed by atoms with Crippen LogP contribution in [0.2, 0.25) is 5.02 Å². The Morgan fingerprint density at radius 1 is 1.21 bits per heavy atom. The van der Waals surface area contributed by atoms with Gasteiger partial charge in [-0.25, -0.2) is 17.7 Å². The van der Waals surface area contributed by atoms with E-state index in [2.05, 4.69) is 4.90 Å². The van der Waals surface area contributed by atoms with Crippen LogP contribution >= 0.6 is 22.9 Å². The van der Waals surface area contributed by atoms with Gasteiger partial charge in [0.05, 0.1) is 27.4 Å². The molecule has 29 heavy (non-hydrogen) atoms. The van der Waals surface area contributed by atoms with E-state index in [1.165, 1.54) is 10.6 Å². The zero-order valence-electron chi connectivity index (χ0n) is 16.6. The summed E-state index contributed by atoms with van der Waals surface area (Å²) in [4.78, 5) is 21.8. The van der Waals surface area contributed by atoms with Gasteiger partial charge in [0.25, 0.3) is 0 Å². The van der Waals surface area contributed by atoms with Crippen molar-refractivity contribution < 1.29 is 13.2 Å². The van der Waals surface area contributed by atoms with Gasteiger partial charge in [-0.15, -0.1) is 0 Å². The number of hydrogen-bond acceptors (Lipinski definition) is 6. The van der Waals surface area contributed by atoms with E-state index in [9.17, 15) is 13.2 Å². The summed E-state index contributed by atoms with van der Waals surface area (Å²) in [6, 6.07) is 3.89. The molecule has 1 aromatic heterocycles. The first-order chi connectivity index (χ1) is 13.7. The molecule has 2 aromatic rings. The highest BCUT2D eigenvalue weighted by molar-refractivity contribution is 7.88. The van der Waals surface area contributed by atoms with Crippen LogP contribution in [0.3, 0.4) is 0 Å². The average Bonchev–Trinajstić information content (AvgIpc) is 3.17. The summed E-state index contributed by atoms with van der Waals surface area (Å²) in [5.74, 6) is -0.171. The van der Waals surface area contributed by atoms with Crippen LogP contribution in [0, 0.1) is 12.8 Å². The molecule has 158 valence electrons. The van der Waals surface area contributed by atoms with E-state index >= 15 is 0 Å². The number of aromatic nitrogens is 1. The van der Waals surface area contributed by atoms with E-state index < -0.39 is 10.0 Å². The molecule has 0 radical (unpaired) electrons. The van der Waals surface area contributed by atoms with Gasteiger partial charge in [0.2, 0.25) is 15.9 Å². The summed E-state index contributed by atoms with van der Waals surface area (Å²) in [6.45, 7) is 5.51. The molecule has 0 N–H and O–H groups in total. The minimum Gasteiger partial charge on any atom is -0.345 e. The van der Waals surface area contributed by atoms with Gasteiger partial charge in [0.15, 0.2) is 5.13 Å². The fourth-order valence-corrected chi connectivity index (χ4v) is 6.33. The Hall–Kier alpha value is -1.42. The minimum atomic E-state index is -3.25. The third-order valence-corrected chi connectivity index (χ3v) is 8.60. The first kappa shape index (κ1) is 20.8. The molecule has 7 nitrogen and oxygen atoms in total. The van der Waals surface area contributed by atoms with Crippen molar-refractivity contribution in [1.82, 2.24) is 14.2 Å². The number of nitrogens with zero attached hydrogens (tertiary/aromatic N) is 4. The highest BCUT2D eigenvalue weighted by Crippen LogP contribution is 2.36. The van der Waals surface area contributed by atoms with Crippen molar-refractivity contribution in [1.29, 1.82) is 0 Å². The zero-order chi connectivity index (χ0) is 20.8. The van der Waals surface area contributed by atoms with Crippen LogP contribution in [0.5, 0.6) is 0 Å². The summed E-state index contributed by atoms with van der Waals surface area (Å²) in [7, 11) is -3.25. The first-order valence-electron chi connectivity index (χ1n) is 9.78. The highest BCUT2D eigenvalue weighted by atomic mass is 35.5. The maximum absolute atomic E-state index is 13.0. The highest BCUT2D eigenvalue weighted by Gasteiger charge is 2.34. The number of piperidine rings is 1. The molecular formula is C19H25ClN4O3S2. The Kier molecular flexibility index (Phi) is 5.76. The number of benzene rings is 1. The molecule has 2 aliphatic heterocycles. The number of fused-ring (bicyclic) bond motifs is 1. The Morgan fingerprint density at radius 2 is 1.93 bits per heavy atom. The molecule has 0 spiro atoms. The predicted octanol–water partition coefficient (Wildman–Crippen LogP) is 2.58. The number of hydrogen-bond donors (Lipinski definition) is 0. The van der Waals surface area contributed by atoms with E-state index in [0.717, 1.165) is 38.8 Å². The van der Waals surface area contributed by atoms with Gasteiger partial charge in [-0.3, -0.25) is 4.79 Å². The van der Waals surface area contributed by atoms with Crippen LogP contribution in [0.1, 0.15) is 18.4 Å². The molecule has 3 heterocycles. The summed E-state index contributed by atoms with van der Waals surface area (Å²) >= 11 is 7.92. The van der Waals surface area contributed by atoms with Crippen molar-refractivity contribution in [2.24, 2.45) is 5.92 Å². The third-order valence-electron chi connectivity index (χ3n) is 5.75. The third kappa shape index (κ3) is 4.23. The number of anilines is 1. The number of rotatable bonds is 3. The molecule has 2 saturated heterocycles. The van der Waals surface area contributed by atoms with Crippen LogP contribution in [-0.4, -0.2) is 74.0 Å². The molecule has 10 heteroatoms. The fraction of sp³-hybridized carbons (Fsp3) is 0.579. The van der Waals surface area contributed by atoms with Crippen LogP contribution in [-0.2, 0) is 14.8 Å². The molecule has 0 saturated carbocycles. The van der Waals surface area contributed by atoms with Crippen molar-refractivity contribution in [3.05, 3.63) is 22.7 Å². The van der Waals surface area contributed by atoms with Gasteiger partial charge in [-0.1, -0.05) is 29.0 Å². The second-order valence-electron chi connectivity index (χ2n) is 7.81.